The van der Waals surface area contributed by atoms with Crippen LogP contribution in [0.15, 0.2) is 72.8 Å². The first-order chi connectivity index (χ1) is 12.9. The van der Waals surface area contributed by atoms with Gasteiger partial charge in [0.05, 0.1) is 7.11 Å². The molecular formula is C23H24N2O. The number of para-hydroxylation sites is 2. The van der Waals surface area contributed by atoms with Crippen LogP contribution >= 0.6 is 0 Å². The number of nitrogens with zero attached hydrogens (tertiary/aromatic N) is 1. The van der Waals surface area contributed by atoms with Gasteiger partial charge in [-0.2, -0.15) is 0 Å². The van der Waals surface area contributed by atoms with Crippen molar-refractivity contribution < 1.29 is 4.74 Å². The zero-order valence-corrected chi connectivity index (χ0v) is 15.1. The van der Waals surface area contributed by atoms with E-state index in [1.165, 1.54) is 27.4 Å². The lowest BCUT2D eigenvalue weighted by Crippen LogP contribution is -2.16. The van der Waals surface area contributed by atoms with Crippen LogP contribution in [0.3, 0.4) is 0 Å². The third-order valence-electron chi connectivity index (χ3n) is 4.90. The number of ether oxygens (including phenoxy) is 1. The zero-order valence-electron chi connectivity index (χ0n) is 15.1. The molecule has 0 aliphatic carbocycles. The Hall–Kier alpha value is -2.78. The van der Waals surface area contributed by atoms with Crippen molar-refractivity contribution >= 4 is 21.8 Å². The molecule has 0 aliphatic rings. The van der Waals surface area contributed by atoms with Crippen LogP contribution in [0.1, 0.15) is 12.0 Å². The second-order valence-electron chi connectivity index (χ2n) is 6.56. The van der Waals surface area contributed by atoms with Gasteiger partial charge in [0.25, 0.3) is 0 Å². The molecule has 132 valence electrons. The Morgan fingerprint density at radius 2 is 1.42 bits per heavy atom. The fourth-order valence-electron chi connectivity index (χ4n) is 3.58. The van der Waals surface area contributed by atoms with Crippen LogP contribution in [-0.4, -0.2) is 18.2 Å². The summed E-state index contributed by atoms with van der Waals surface area (Å²) in [6, 6.07) is 25.6. The van der Waals surface area contributed by atoms with Crippen molar-refractivity contribution in [2.45, 2.75) is 19.5 Å². The summed E-state index contributed by atoms with van der Waals surface area (Å²) >= 11 is 0. The van der Waals surface area contributed by atoms with E-state index in [1.54, 1.807) is 7.11 Å². The molecule has 3 aromatic carbocycles. The van der Waals surface area contributed by atoms with Crippen molar-refractivity contribution in [3.8, 4) is 5.75 Å². The number of hydrogen-bond donors (Lipinski definition) is 1. The van der Waals surface area contributed by atoms with E-state index >= 15 is 0 Å². The molecule has 0 bridgehead atoms. The molecule has 0 saturated carbocycles. The van der Waals surface area contributed by atoms with E-state index in [2.05, 4.69) is 70.5 Å². The molecule has 3 heteroatoms. The van der Waals surface area contributed by atoms with Gasteiger partial charge in [0.15, 0.2) is 0 Å². The minimum Gasteiger partial charge on any atom is -0.497 e. The lowest BCUT2D eigenvalue weighted by Gasteiger charge is -2.09. The van der Waals surface area contributed by atoms with E-state index in [4.69, 9.17) is 4.74 Å². The number of aromatic nitrogens is 1. The highest BCUT2D eigenvalue weighted by molar-refractivity contribution is 6.07. The first-order valence-corrected chi connectivity index (χ1v) is 9.16. The van der Waals surface area contributed by atoms with Crippen LogP contribution in [-0.2, 0) is 13.1 Å². The van der Waals surface area contributed by atoms with Crippen LogP contribution in [0.4, 0.5) is 0 Å². The molecule has 0 fully saturated rings. The molecule has 4 rings (SSSR count). The Balaban J connectivity index is 1.40. The number of rotatable bonds is 7. The van der Waals surface area contributed by atoms with E-state index in [0.717, 1.165) is 31.8 Å². The predicted molar refractivity (Wildman–Crippen MR) is 109 cm³/mol. The topological polar surface area (TPSA) is 26.2 Å². The average Bonchev–Trinajstić information content (AvgIpc) is 3.02. The molecule has 4 aromatic rings. The van der Waals surface area contributed by atoms with E-state index in [9.17, 15) is 0 Å². The maximum atomic E-state index is 5.20. The number of methoxy groups -OCH3 is 1. The third-order valence-corrected chi connectivity index (χ3v) is 4.90. The molecule has 0 radical (unpaired) electrons. The highest BCUT2D eigenvalue weighted by atomic mass is 16.5. The van der Waals surface area contributed by atoms with Crippen LogP contribution < -0.4 is 10.1 Å². The number of benzene rings is 3. The monoisotopic (exact) mass is 344 g/mol. The van der Waals surface area contributed by atoms with E-state index in [-0.39, 0.29) is 0 Å². The van der Waals surface area contributed by atoms with E-state index in [1.807, 2.05) is 12.1 Å². The van der Waals surface area contributed by atoms with Gasteiger partial charge in [0.1, 0.15) is 5.75 Å². The Labute approximate surface area is 154 Å². The largest absolute Gasteiger partial charge is 0.497 e. The molecule has 26 heavy (non-hydrogen) atoms. The highest BCUT2D eigenvalue weighted by Gasteiger charge is 2.08. The Bertz CT molecular complexity index is 949. The summed E-state index contributed by atoms with van der Waals surface area (Å²) in [5.74, 6) is 0.903. The number of aryl methyl sites for hydroxylation is 1. The summed E-state index contributed by atoms with van der Waals surface area (Å²) in [7, 11) is 1.70. The van der Waals surface area contributed by atoms with Gasteiger partial charge >= 0.3 is 0 Å². The molecule has 0 unspecified atom stereocenters. The van der Waals surface area contributed by atoms with Gasteiger partial charge in [0.2, 0.25) is 0 Å². The minimum atomic E-state index is 0.886. The van der Waals surface area contributed by atoms with Crippen molar-refractivity contribution in [3.63, 3.8) is 0 Å². The van der Waals surface area contributed by atoms with Gasteiger partial charge in [-0.3, -0.25) is 0 Å². The summed E-state index contributed by atoms with van der Waals surface area (Å²) in [5, 5.41) is 6.23. The lowest BCUT2D eigenvalue weighted by molar-refractivity contribution is 0.414. The van der Waals surface area contributed by atoms with E-state index in [0.29, 0.717) is 0 Å². The molecule has 0 spiro atoms. The second kappa shape index (κ2) is 7.63. The average molecular weight is 344 g/mol. The standard InChI is InChI=1S/C23H24N2O/c1-26-19-13-11-18(12-14-19)17-24-15-6-16-25-22-9-4-2-7-20(22)21-8-3-5-10-23(21)25/h2-5,7-14,24H,6,15-17H2,1H3. The highest BCUT2D eigenvalue weighted by Crippen LogP contribution is 2.28. The van der Waals surface area contributed by atoms with Crippen LogP contribution in [0.5, 0.6) is 5.75 Å². The summed E-state index contributed by atoms with van der Waals surface area (Å²) in [6.45, 7) is 2.90. The first-order valence-electron chi connectivity index (χ1n) is 9.16. The second-order valence-corrected chi connectivity index (χ2v) is 6.56. The fourth-order valence-corrected chi connectivity index (χ4v) is 3.58. The minimum absolute atomic E-state index is 0.886. The number of nitrogens with one attached hydrogen (secondary N) is 1. The summed E-state index contributed by atoms with van der Waals surface area (Å²) < 4.78 is 7.64. The maximum absolute atomic E-state index is 5.20. The Kier molecular flexibility index (Phi) is 4.89. The van der Waals surface area contributed by atoms with Gasteiger partial charge in [-0.05, 0) is 42.8 Å². The molecular weight excluding hydrogens is 320 g/mol. The van der Waals surface area contributed by atoms with Crippen LogP contribution in [0.25, 0.3) is 21.8 Å². The maximum Gasteiger partial charge on any atom is 0.118 e. The van der Waals surface area contributed by atoms with Gasteiger partial charge in [-0.25, -0.2) is 0 Å². The van der Waals surface area contributed by atoms with Gasteiger partial charge in [-0.1, -0.05) is 48.5 Å². The normalized spacial score (nSPS) is 11.3. The van der Waals surface area contributed by atoms with E-state index < -0.39 is 0 Å². The van der Waals surface area contributed by atoms with Crippen molar-refractivity contribution in [1.82, 2.24) is 9.88 Å². The fraction of sp³-hybridized carbons (Fsp3) is 0.217. The Morgan fingerprint density at radius 3 is 2.04 bits per heavy atom. The molecule has 3 nitrogen and oxygen atoms in total. The molecule has 1 N–H and O–H groups in total. The molecule has 1 heterocycles. The SMILES string of the molecule is COc1ccc(CNCCCn2c3ccccc3c3ccccc32)cc1. The van der Waals surface area contributed by atoms with Crippen LogP contribution in [0, 0.1) is 0 Å². The van der Waals surface area contributed by atoms with Gasteiger partial charge in [0, 0.05) is 34.9 Å². The molecule has 0 aliphatic heterocycles. The summed E-state index contributed by atoms with van der Waals surface area (Å²) in [6.07, 6.45) is 1.10. The number of hydrogen-bond acceptors (Lipinski definition) is 2. The quantitative estimate of drug-likeness (QED) is 0.478. The lowest BCUT2D eigenvalue weighted by atomic mass is 10.2. The summed E-state index contributed by atoms with van der Waals surface area (Å²) in [4.78, 5) is 0. The smallest absolute Gasteiger partial charge is 0.118 e. The zero-order chi connectivity index (χ0) is 17.8. The molecule has 1 aromatic heterocycles. The number of fused-ring (bicyclic) bond motifs is 3. The molecule has 0 saturated heterocycles. The predicted octanol–water partition coefficient (Wildman–Crippen LogP) is 4.98. The van der Waals surface area contributed by atoms with Gasteiger partial charge in [-0.15, -0.1) is 0 Å². The molecule has 0 amide bonds. The van der Waals surface area contributed by atoms with Crippen molar-refractivity contribution in [1.29, 1.82) is 0 Å². The third kappa shape index (κ3) is 3.31. The first kappa shape index (κ1) is 16.7. The van der Waals surface area contributed by atoms with Crippen molar-refractivity contribution in [2.24, 2.45) is 0 Å². The molecule has 0 atom stereocenters. The summed E-state index contributed by atoms with van der Waals surface area (Å²) in [5.41, 5.74) is 3.93. The Morgan fingerprint density at radius 1 is 0.808 bits per heavy atom. The van der Waals surface area contributed by atoms with Crippen LogP contribution in [0.2, 0.25) is 0 Å². The van der Waals surface area contributed by atoms with Crippen molar-refractivity contribution in [2.75, 3.05) is 13.7 Å². The van der Waals surface area contributed by atoms with Crippen molar-refractivity contribution in [3.05, 3.63) is 78.4 Å². The van der Waals surface area contributed by atoms with Gasteiger partial charge < -0.3 is 14.6 Å².